The monoisotopic (exact) mass is 529 g/mol. The number of benzene rings is 1. The van der Waals surface area contributed by atoms with E-state index in [2.05, 4.69) is 15.3 Å². The molecule has 37 heavy (non-hydrogen) atoms. The summed E-state index contributed by atoms with van der Waals surface area (Å²) in [4.78, 5) is 52.3. The SMILES string of the molecule is Nc1nc(N)c(CCCC(c2ccc(C(=O)N[C@H](CCC(=O)O)C(=O)O)cc2)C(O)C(F)(F)F)c(=O)[nH]1. The number of nitrogens with one attached hydrogen (secondary N) is 2. The number of carbonyl (C=O) groups is 3. The molecule has 2 aromatic rings. The lowest BCUT2D eigenvalue weighted by molar-refractivity contribution is -0.211. The number of H-pyrrole nitrogens is 1. The molecule has 1 aromatic heterocycles. The molecule has 2 unspecified atom stereocenters. The maximum absolute atomic E-state index is 13.4. The summed E-state index contributed by atoms with van der Waals surface area (Å²) in [7, 11) is 0. The number of aliphatic carboxylic acids is 2. The first-order valence-corrected chi connectivity index (χ1v) is 10.9. The zero-order valence-corrected chi connectivity index (χ0v) is 19.3. The van der Waals surface area contributed by atoms with Crippen LogP contribution < -0.4 is 22.3 Å². The summed E-state index contributed by atoms with van der Waals surface area (Å²) in [5, 5.41) is 30.0. The summed E-state index contributed by atoms with van der Waals surface area (Å²) in [6.07, 6.45) is -8.82. The lowest BCUT2D eigenvalue weighted by atomic mass is 9.87. The molecule has 2 rings (SSSR count). The van der Waals surface area contributed by atoms with E-state index < -0.39 is 54.1 Å². The van der Waals surface area contributed by atoms with Gasteiger partial charge in [-0.15, -0.1) is 0 Å². The number of anilines is 2. The molecule has 3 atom stereocenters. The molecule has 12 nitrogen and oxygen atoms in total. The van der Waals surface area contributed by atoms with Gasteiger partial charge in [0.05, 0.1) is 5.56 Å². The van der Waals surface area contributed by atoms with Crippen molar-refractivity contribution >= 4 is 29.6 Å². The van der Waals surface area contributed by atoms with Crippen LogP contribution in [0, 0.1) is 0 Å². The highest BCUT2D eigenvalue weighted by Crippen LogP contribution is 2.35. The number of nitrogens with zero attached hydrogens (tertiary/aromatic N) is 1. The molecule has 0 aliphatic heterocycles. The Morgan fingerprint density at radius 1 is 1.08 bits per heavy atom. The number of aliphatic hydroxyl groups excluding tert-OH is 1. The second-order valence-electron chi connectivity index (χ2n) is 8.22. The number of hydrogen-bond acceptors (Lipinski definition) is 8. The van der Waals surface area contributed by atoms with Crippen molar-refractivity contribution in [3.05, 3.63) is 51.3 Å². The van der Waals surface area contributed by atoms with Gasteiger partial charge in [0.15, 0.2) is 6.10 Å². The van der Waals surface area contributed by atoms with Crippen molar-refractivity contribution in [2.75, 3.05) is 11.5 Å². The van der Waals surface area contributed by atoms with Gasteiger partial charge in [-0.2, -0.15) is 18.2 Å². The quantitative estimate of drug-likeness (QED) is 0.207. The Bertz CT molecular complexity index is 1180. The highest BCUT2D eigenvalue weighted by Gasteiger charge is 2.43. The van der Waals surface area contributed by atoms with E-state index in [1.54, 1.807) is 0 Å². The molecule has 0 saturated carbocycles. The molecule has 1 heterocycles. The standard InChI is InChI=1S/C22H26F3N5O7/c23-22(24,25)16(33)12(2-1-3-13-17(26)29-21(27)30-19(13)35)10-4-6-11(7-5-10)18(34)28-14(20(36)37)8-9-15(31)32/h4-7,12,14,16,33H,1-3,8-9H2,(H,28,34)(H,31,32)(H,36,37)(H5,26,27,29,30,35)/t12?,14-,16?/m1/s1. The Balaban J connectivity index is 2.18. The van der Waals surface area contributed by atoms with Crippen LogP contribution in [0.25, 0.3) is 0 Å². The van der Waals surface area contributed by atoms with Crippen LogP contribution in [0.4, 0.5) is 24.9 Å². The summed E-state index contributed by atoms with van der Waals surface area (Å²) in [5.41, 5.74) is 10.4. The number of amides is 1. The fourth-order valence-corrected chi connectivity index (χ4v) is 3.66. The van der Waals surface area contributed by atoms with Crippen LogP contribution in [0.2, 0.25) is 0 Å². The van der Waals surface area contributed by atoms with Gasteiger partial charge in [0, 0.05) is 17.9 Å². The van der Waals surface area contributed by atoms with Gasteiger partial charge in [-0.05, 0) is 43.4 Å². The molecular formula is C22H26F3N5O7. The molecule has 0 radical (unpaired) electrons. The smallest absolute Gasteiger partial charge is 0.414 e. The minimum atomic E-state index is -4.96. The van der Waals surface area contributed by atoms with Crippen molar-refractivity contribution in [3.8, 4) is 0 Å². The molecule has 0 aliphatic rings. The fraction of sp³-hybridized carbons (Fsp3) is 0.409. The van der Waals surface area contributed by atoms with Gasteiger partial charge in [-0.1, -0.05) is 12.1 Å². The van der Waals surface area contributed by atoms with Crippen molar-refractivity contribution < 1.29 is 42.9 Å². The summed E-state index contributed by atoms with van der Waals surface area (Å²) in [5.74, 6) is -5.40. The van der Waals surface area contributed by atoms with Crippen molar-refractivity contribution in [3.63, 3.8) is 0 Å². The first-order chi connectivity index (χ1) is 17.2. The number of alkyl halides is 3. The van der Waals surface area contributed by atoms with E-state index in [9.17, 15) is 37.5 Å². The van der Waals surface area contributed by atoms with Crippen LogP contribution in [0.15, 0.2) is 29.1 Å². The number of halogens is 3. The van der Waals surface area contributed by atoms with E-state index in [0.717, 1.165) is 12.1 Å². The van der Waals surface area contributed by atoms with E-state index in [4.69, 9.17) is 21.7 Å². The Hall–Kier alpha value is -4.14. The number of nitrogens with two attached hydrogens (primary N) is 2. The molecule has 0 bridgehead atoms. The van der Waals surface area contributed by atoms with Crippen LogP contribution in [0.1, 0.15) is 53.1 Å². The van der Waals surface area contributed by atoms with Crippen molar-refractivity contribution in [2.45, 2.75) is 56.3 Å². The van der Waals surface area contributed by atoms with Gasteiger partial charge in [-0.3, -0.25) is 19.4 Å². The summed E-state index contributed by atoms with van der Waals surface area (Å²) in [6.45, 7) is 0. The molecule has 1 amide bonds. The molecule has 0 saturated heterocycles. The number of carbonyl (C=O) groups excluding carboxylic acids is 1. The topological polar surface area (TPSA) is 222 Å². The first kappa shape index (κ1) is 29.1. The molecule has 9 N–H and O–H groups in total. The van der Waals surface area contributed by atoms with Crippen LogP contribution in [-0.4, -0.2) is 61.5 Å². The fourth-order valence-electron chi connectivity index (χ4n) is 3.66. The average molecular weight is 529 g/mol. The molecule has 0 fully saturated rings. The third kappa shape index (κ3) is 8.20. The minimum absolute atomic E-state index is 0.0167. The van der Waals surface area contributed by atoms with Crippen LogP contribution in [0.3, 0.4) is 0 Å². The number of carboxylic acid groups (broad SMARTS) is 2. The predicted octanol–water partition coefficient (Wildman–Crippen LogP) is 1.01. The molecule has 0 spiro atoms. The third-order valence-electron chi connectivity index (χ3n) is 5.58. The summed E-state index contributed by atoms with van der Waals surface area (Å²) < 4.78 is 40.1. The van der Waals surface area contributed by atoms with Gasteiger partial charge in [0.2, 0.25) is 5.95 Å². The molecular weight excluding hydrogens is 503 g/mol. The van der Waals surface area contributed by atoms with Crippen LogP contribution in [-0.2, 0) is 16.0 Å². The van der Waals surface area contributed by atoms with E-state index in [1.807, 2.05) is 0 Å². The maximum atomic E-state index is 13.4. The highest BCUT2D eigenvalue weighted by atomic mass is 19.4. The Morgan fingerprint density at radius 2 is 1.70 bits per heavy atom. The Kier molecular flexibility index (Phi) is 9.60. The number of rotatable bonds is 12. The van der Waals surface area contributed by atoms with Crippen molar-refractivity contribution in [1.29, 1.82) is 0 Å². The second kappa shape index (κ2) is 12.2. The number of aliphatic hydroxyl groups is 1. The molecule has 15 heteroatoms. The Labute approximate surface area is 207 Å². The molecule has 202 valence electrons. The van der Waals surface area contributed by atoms with Crippen molar-refractivity contribution in [2.24, 2.45) is 0 Å². The van der Waals surface area contributed by atoms with E-state index in [1.165, 1.54) is 12.1 Å². The summed E-state index contributed by atoms with van der Waals surface area (Å²) >= 11 is 0. The first-order valence-electron chi connectivity index (χ1n) is 10.9. The van der Waals surface area contributed by atoms with Crippen molar-refractivity contribution in [1.82, 2.24) is 15.3 Å². The third-order valence-corrected chi connectivity index (χ3v) is 5.58. The lowest BCUT2D eigenvalue weighted by Gasteiger charge is -2.25. The van der Waals surface area contributed by atoms with E-state index >= 15 is 0 Å². The zero-order chi connectivity index (χ0) is 27.9. The second-order valence-corrected chi connectivity index (χ2v) is 8.22. The average Bonchev–Trinajstić information content (AvgIpc) is 2.79. The number of aromatic amines is 1. The summed E-state index contributed by atoms with van der Waals surface area (Å²) in [6, 6.07) is 3.20. The van der Waals surface area contributed by atoms with Crippen LogP contribution >= 0.6 is 0 Å². The van der Waals surface area contributed by atoms with Gasteiger partial charge in [0.1, 0.15) is 11.9 Å². The normalized spacial score (nSPS) is 13.9. The number of carboxylic acids is 2. The van der Waals surface area contributed by atoms with E-state index in [-0.39, 0.29) is 54.1 Å². The predicted molar refractivity (Wildman–Crippen MR) is 124 cm³/mol. The maximum Gasteiger partial charge on any atom is 0.414 e. The number of nitrogen functional groups attached to an aromatic ring is 2. The minimum Gasteiger partial charge on any atom is -0.481 e. The van der Waals surface area contributed by atoms with E-state index in [0.29, 0.717) is 0 Å². The molecule has 0 aliphatic carbocycles. The van der Waals surface area contributed by atoms with Gasteiger partial charge >= 0.3 is 18.1 Å². The highest BCUT2D eigenvalue weighted by molar-refractivity contribution is 5.96. The molecule has 1 aromatic carbocycles. The number of aromatic nitrogens is 2. The Morgan fingerprint density at radius 3 is 2.22 bits per heavy atom. The van der Waals surface area contributed by atoms with Gasteiger partial charge in [-0.25, -0.2) is 4.79 Å². The largest absolute Gasteiger partial charge is 0.481 e. The van der Waals surface area contributed by atoms with Gasteiger partial charge < -0.3 is 32.1 Å². The van der Waals surface area contributed by atoms with Crippen LogP contribution in [0.5, 0.6) is 0 Å². The van der Waals surface area contributed by atoms with Gasteiger partial charge in [0.25, 0.3) is 11.5 Å². The zero-order valence-electron chi connectivity index (χ0n) is 19.3. The lowest BCUT2D eigenvalue weighted by Crippen LogP contribution is -2.41. The number of hydrogen-bond donors (Lipinski definition) is 7.